The van der Waals surface area contributed by atoms with Crippen LogP contribution in [0.15, 0.2) is 42.5 Å². The molecule has 0 atom stereocenters. The van der Waals surface area contributed by atoms with Gasteiger partial charge >= 0.3 is 0 Å². The standard InChI is InChI=1S/C20H20ClNO4/c1-4-26-20-17(21)10-14(11-18(20)25-3)8-9-19(24)22-16-7-5-6-15(12-16)13(2)23/h5-12H,4H2,1-3H3,(H,22,24)/b9-8+. The van der Waals surface area contributed by atoms with E-state index in [0.29, 0.717) is 39.9 Å². The largest absolute Gasteiger partial charge is 0.493 e. The van der Waals surface area contributed by atoms with E-state index in [1.165, 1.54) is 20.1 Å². The lowest BCUT2D eigenvalue weighted by molar-refractivity contribution is -0.111. The molecule has 0 aliphatic carbocycles. The van der Waals surface area contributed by atoms with Crippen LogP contribution in [0.4, 0.5) is 5.69 Å². The van der Waals surface area contributed by atoms with Gasteiger partial charge in [-0.2, -0.15) is 0 Å². The van der Waals surface area contributed by atoms with Gasteiger partial charge in [0, 0.05) is 17.3 Å². The quantitative estimate of drug-likeness (QED) is 0.569. The Morgan fingerprint density at radius 1 is 1.23 bits per heavy atom. The Kier molecular flexibility index (Phi) is 6.81. The second-order valence-electron chi connectivity index (χ2n) is 5.43. The zero-order valence-corrected chi connectivity index (χ0v) is 15.6. The van der Waals surface area contributed by atoms with E-state index < -0.39 is 0 Å². The Hall–Kier alpha value is -2.79. The Balaban J connectivity index is 2.14. The molecule has 0 aliphatic rings. The normalized spacial score (nSPS) is 10.6. The third kappa shape index (κ3) is 5.10. The third-order valence-corrected chi connectivity index (χ3v) is 3.78. The molecule has 0 spiro atoms. The number of Topliss-reactive ketones (excluding diaryl/α,β-unsaturated/α-hetero) is 1. The molecule has 5 nitrogen and oxygen atoms in total. The van der Waals surface area contributed by atoms with E-state index in [2.05, 4.69) is 5.32 Å². The fourth-order valence-corrected chi connectivity index (χ4v) is 2.57. The molecule has 2 aromatic rings. The monoisotopic (exact) mass is 373 g/mol. The summed E-state index contributed by atoms with van der Waals surface area (Å²) in [4.78, 5) is 23.5. The molecule has 2 rings (SSSR count). The van der Waals surface area contributed by atoms with E-state index in [1.54, 1.807) is 42.5 Å². The second kappa shape index (κ2) is 9.06. The van der Waals surface area contributed by atoms with Crippen LogP contribution >= 0.6 is 11.6 Å². The van der Waals surface area contributed by atoms with Gasteiger partial charge in [-0.1, -0.05) is 23.7 Å². The van der Waals surface area contributed by atoms with Crippen molar-refractivity contribution in [2.75, 3.05) is 19.0 Å². The minimum Gasteiger partial charge on any atom is -0.493 e. The lowest BCUT2D eigenvalue weighted by atomic mass is 10.1. The van der Waals surface area contributed by atoms with Crippen LogP contribution < -0.4 is 14.8 Å². The molecule has 0 bridgehead atoms. The van der Waals surface area contributed by atoms with Crippen molar-refractivity contribution < 1.29 is 19.1 Å². The average Bonchev–Trinajstić information content (AvgIpc) is 2.62. The predicted octanol–water partition coefficient (Wildman–Crippen LogP) is 4.60. The number of anilines is 1. The van der Waals surface area contributed by atoms with Crippen molar-refractivity contribution >= 4 is 35.1 Å². The van der Waals surface area contributed by atoms with Crippen molar-refractivity contribution in [3.8, 4) is 11.5 Å². The molecule has 0 fully saturated rings. The molecule has 136 valence electrons. The van der Waals surface area contributed by atoms with Crippen molar-refractivity contribution in [1.29, 1.82) is 0 Å². The number of benzene rings is 2. The van der Waals surface area contributed by atoms with Crippen LogP contribution in [0.3, 0.4) is 0 Å². The summed E-state index contributed by atoms with van der Waals surface area (Å²) in [5, 5.41) is 3.12. The summed E-state index contributed by atoms with van der Waals surface area (Å²) in [5.41, 5.74) is 1.78. The Morgan fingerprint density at radius 3 is 2.65 bits per heavy atom. The number of nitrogens with one attached hydrogen (secondary N) is 1. The summed E-state index contributed by atoms with van der Waals surface area (Å²) in [6.07, 6.45) is 3.00. The first-order chi connectivity index (χ1) is 12.4. The molecule has 0 aromatic heterocycles. The van der Waals surface area contributed by atoms with E-state index in [0.717, 1.165) is 0 Å². The van der Waals surface area contributed by atoms with E-state index in [9.17, 15) is 9.59 Å². The van der Waals surface area contributed by atoms with Crippen LogP contribution in [0.1, 0.15) is 29.8 Å². The van der Waals surface area contributed by atoms with Gasteiger partial charge in [0.2, 0.25) is 5.91 Å². The number of hydrogen-bond donors (Lipinski definition) is 1. The van der Waals surface area contributed by atoms with E-state index in [4.69, 9.17) is 21.1 Å². The average molecular weight is 374 g/mol. The summed E-state index contributed by atoms with van der Waals surface area (Å²) < 4.78 is 10.7. The number of amides is 1. The number of ether oxygens (including phenoxy) is 2. The fraction of sp³-hybridized carbons (Fsp3) is 0.200. The highest BCUT2D eigenvalue weighted by Crippen LogP contribution is 2.36. The van der Waals surface area contributed by atoms with E-state index in [-0.39, 0.29) is 11.7 Å². The van der Waals surface area contributed by atoms with E-state index >= 15 is 0 Å². The highest BCUT2D eigenvalue weighted by molar-refractivity contribution is 6.32. The number of carbonyl (C=O) groups excluding carboxylic acids is 2. The molecular weight excluding hydrogens is 354 g/mol. The molecule has 0 heterocycles. The van der Waals surface area contributed by atoms with Gasteiger partial charge in [0.25, 0.3) is 0 Å². The first-order valence-electron chi connectivity index (χ1n) is 8.05. The molecule has 0 saturated carbocycles. The van der Waals surface area contributed by atoms with Crippen molar-refractivity contribution in [2.45, 2.75) is 13.8 Å². The van der Waals surface area contributed by atoms with Crippen LogP contribution in [-0.2, 0) is 4.79 Å². The molecule has 6 heteroatoms. The minimum absolute atomic E-state index is 0.0623. The maximum atomic E-state index is 12.1. The van der Waals surface area contributed by atoms with Crippen molar-refractivity contribution in [3.63, 3.8) is 0 Å². The van der Waals surface area contributed by atoms with Crippen LogP contribution in [0.2, 0.25) is 5.02 Å². The molecule has 2 aromatic carbocycles. The van der Waals surface area contributed by atoms with Gasteiger partial charge < -0.3 is 14.8 Å². The van der Waals surface area contributed by atoms with Crippen LogP contribution in [0.25, 0.3) is 6.08 Å². The Morgan fingerprint density at radius 2 is 2.00 bits per heavy atom. The van der Waals surface area contributed by atoms with Gasteiger partial charge in [-0.25, -0.2) is 0 Å². The first-order valence-corrected chi connectivity index (χ1v) is 8.42. The molecule has 0 aliphatic heterocycles. The summed E-state index contributed by atoms with van der Waals surface area (Å²) in [6, 6.07) is 10.2. The highest BCUT2D eigenvalue weighted by atomic mass is 35.5. The zero-order chi connectivity index (χ0) is 19.1. The van der Waals surface area contributed by atoms with Crippen molar-refractivity contribution in [3.05, 3.63) is 58.6 Å². The number of carbonyl (C=O) groups is 2. The number of rotatable bonds is 7. The maximum absolute atomic E-state index is 12.1. The number of hydrogen-bond acceptors (Lipinski definition) is 4. The molecule has 0 unspecified atom stereocenters. The molecule has 26 heavy (non-hydrogen) atoms. The second-order valence-corrected chi connectivity index (χ2v) is 5.83. The predicted molar refractivity (Wildman–Crippen MR) is 103 cm³/mol. The zero-order valence-electron chi connectivity index (χ0n) is 14.8. The van der Waals surface area contributed by atoms with Gasteiger partial charge in [0.05, 0.1) is 18.7 Å². The van der Waals surface area contributed by atoms with Crippen LogP contribution in [-0.4, -0.2) is 25.4 Å². The Labute approximate surface area is 157 Å². The lowest BCUT2D eigenvalue weighted by Crippen LogP contribution is -2.08. The molecular formula is C20H20ClNO4. The third-order valence-electron chi connectivity index (χ3n) is 3.50. The Bertz CT molecular complexity index is 846. The summed E-state index contributed by atoms with van der Waals surface area (Å²) in [5.74, 6) is 0.579. The molecule has 0 radical (unpaired) electrons. The fourth-order valence-electron chi connectivity index (χ4n) is 2.29. The summed E-state index contributed by atoms with van der Waals surface area (Å²) in [6.45, 7) is 3.80. The minimum atomic E-state index is -0.324. The summed E-state index contributed by atoms with van der Waals surface area (Å²) in [7, 11) is 1.52. The molecule has 1 N–H and O–H groups in total. The van der Waals surface area contributed by atoms with Gasteiger partial charge in [-0.05, 0) is 49.8 Å². The molecule has 1 amide bonds. The van der Waals surface area contributed by atoms with Gasteiger partial charge in [0.15, 0.2) is 17.3 Å². The van der Waals surface area contributed by atoms with Crippen molar-refractivity contribution in [2.24, 2.45) is 0 Å². The molecule has 0 saturated heterocycles. The first kappa shape index (κ1) is 19.5. The summed E-state index contributed by atoms with van der Waals surface area (Å²) >= 11 is 6.21. The number of methoxy groups -OCH3 is 1. The van der Waals surface area contributed by atoms with E-state index in [1.807, 2.05) is 6.92 Å². The van der Waals surface area contributed by atoms with Crippen LogP contribution in [0.5, 0.6) is 11.5 Å². The number of ketones is 1. The number of halogens is 1. The van der Waals surface area contributed by atoms with Crippen LogP contribution in [0, 0.1) is 0 Å². The maximum Gasteiger partial charge on any atom is 0.248 e. The smallest absolute Gasteiger partial charge is 0.248 e. The topological polar surface area (TPSA) is 64.6 Å². The van der Waals surface area contributed by atoms with Gasteiger partial charge in [-0.15, -0.1) is 0 Å². The lowest BCUT2D eigenvalue weighted by Gasteiger charge is -2.11. The SMILES string of the molecule is CCOc1c(Cl)cc(/C=C/C(=O)Nc2cccc(C(C)=O)c2)cc1OC. The highest BCUT2D eigenvalue weighted by Gasteiger charge is 2.11. The van der Waals surface area contributed by atoms with Gasteiger partial charge in [0.1, 0.15) is 0 Å². The van der Waals surface area contributed by atoms with Gasteiger partial charge in [-0.3, -0.25) is 9.59 Å². The van der Waals surface area contributed by atoms with Crippen molar-refractivity contribution in [1.82, 2.24) is 0 Å².